The van der Waals surface area contributed by atoms with E-state index in [9.17, 15) is 18.8 Å². The van der Waals surface area contributed by atoms with E-state index in [1.165, 1.54) is 19.2 Å². The molecule has 45 heavy (non-hydrogen) atoms. The van der Waals surface area contributed by atoms with Gasteiger partial charge in [0, 0.05) is 23.6 Å². The lowest BCUT2D eigenvalue weighted by Gasteiger charge is -2.35. The van der Waals surface area contributed by atoms with E-state index < -0.39 is 23.6 Å². The number of nitrogens with two attached hydrogens (primary N) is 1. The number of amides is 3. The first-order chi connectivity index (χ1) is 21.5. The Balaban J connectivity index is 1.37. The average Bonchev–Trinajstić information content (AvgIpc) is 3.68. The van der Waals surface area contributed by atoms with Gasteiger partial charge in [0.25, 0.3) is 0 Å². The van der Waals surface area contributed by atoms with Crippen molar-refractivity contribution in [2.24, 2.45) is 5.41 Å². The topological polar surface area (TPSA) is 117 Å². The van der Waals surface area contributed by atoms with E-state index in [-0.39, 0.29) is 29.7 Å². The van der Waals surface area contributed by atoms with Crippen LogP contribution in [0.2, 0.25) is 0 Å². The minimum absolute atomic E-state index is 0.0276. The van der Waals surface area contributed by atoms with Crippen LogP contribution >= 0.6 is 0 Å². The van der Waals surface area contributed by atoms with Gasteiger partial charge in [-0.25, -0.2) is 9.18 Å². The fourth-order valence-electron chi connectivity index (χ4n) is 6.55. The van der Waals surface area contributed by atoms with Gasteiger partial charge in [-0.3, -0.25) is 9.59 Å². The van der Waals surface area contributed by atoms with Gasteiger partial charge in [-0.05, 0) is 90.8 Å². The highest BCUT2D eigenvalue weighted by Gasteiger charge is 2.42. The van der Waals surface area contributed by atoms with E-state index in [1.54, 1.807) is 17.0 Å². The van der Waals surface area contributed by atoms with Crippen molar-refractivity contribution in [1.29, 1.82) is 0 Å². The van der Waals surface area contributed by atoms with Crippen LogP contribution in [0.5, 0.6) is 0 Å². The molecule has 0 aromatic heterocycles. The molecule has 0 bridgehead atoms. The molecule has 3 aromatic carbocycles. The van der Waals surface area contributed by atoms with Gasteiger partial charge < -0.3 is 30.9 Å². The molecule has 4 atom stereocenters. The van der Waals surface area contributed by atoms with E-state index in [4.69, 9.17) is 10.5 Å². The summed E-state index contributed by atoms with van der Waals surface area (Å²) >= 11 is 0. The second-order valence-corrected chi connectivity index (χ2v) is 12.9. The van der Waals surface area contributed by atoms with Crippen LogP contribution in [-0.4, -0.2) is 48.5 Å². The van der Waals surface area contributed by atoms with E-state index in [0.29, 0.717) is 30.8 Å². The van der Waals surface area contributed by atoms with E-state index in [2.05, 4.69) is 21.6 Å². The van der Waals surface area contributed by atoms with Crippen molar-refractivity contribution in [3.05, 3.63) is 89.7 Å². The van der Waals surface area contributed by atoms with Crippen LogP contribution in [0.3, 0.4) is 0 Å². The zero-order chi connectivity index (χ0) is 32.3. The van der Waals surface area contributed by atoms with Gasteiger partial charge in [0.05, 0.1) is 19.2 Å². The third-order valence-electron chi connectivity index (χ3n) is 8.74. The molecular formula is C35H42FN5O4. The average molecular weight is 616 g/mol. The Labute approximate surface area is 263 Å². The number of nitrogens with zero attached hydrogens (tertiary/aromatic N) is 2. The Bertz CT molecular complexity index is 1540. The summed E-state index contributed by atoms with van der Waals surface area (Å²) in [6.07, 6.45) is 2.23. The molecule has 10 heteroatoms. The molecule has 0 saturated carbocycles. The molecule has 2 saturated heterocycles. The molecule has 238 valence electrons. The van der Waals surface area contributed by atoms with Crippen LogP contribution in [0.1, 0.15) is 69.7 Å². The number of carbonyl (C=O) groups is 3. The van der Waals surface area contributed by atoms with Gasteiger partial charge in [-0.1, -0.05) is 45.0 Å². The molecule has 0 aliphatic carbocycles. The maximum atomic E-state index is 13.9. The summed E-state index contributed by atoms with van der Waals surface area (Å²) in [7, 11) is 1.25. The number of methoxy groups -OCH3 is 1. The van der Waals surface area contributed by atoms with Crippen LogP contribution in [-0.2, 0) is 14.3 Å². The number of likely N-dealkylation sites (tertiary alicyclic amines) is 1. The summed E-state index contributed by atoms with van der Waals surface area (Å²) in [6.45, 7) is 6.00. The molecule has 2 aliphatic rings. The molecule has 5 rings (SSSR count). The first-order valence-electron chi connectivity index (χ1n) is 15.4. The summed E-state index contributed by atoms with van der Waals surface area (Å²) < 4.78 is 18.6. The van der Waals surface area contributed by atoms with Crippen LogP contribution in [0.4, 0.5) is 26.2 Å². The zero-order valence-electron chi connectivity index (χ0n) is 26.3. The first-order valence-corrected chi connectivity index (χ1v) is 15.4. The maximum Gasteiger partial charge on any atom is 0.407 e. The highest BCUT2D eigenvalue weighted by Crippen LogP contribution is 2.47. The lowest BCUT2D eigenvalue weighted by Crippen LogP contribution is -2.57. The molecular weight excluding hydrogens is 573 g/mol. The smallest absolute Gasteiger partial charge is 0.407 e. The quantitative estimate of drug-likeness (QED) is 0.273. The number of nitrogens with one attached hydrogen (secondary N) is 2. The summed E-state index contributed by atoms with van der Waals surface area (Å²) in [5.41, 5.74) is 9.85. The fourth-order valence-corrected chi connectivity index (χ4v) is 6.55. The summed E-state index contributed by atoms with van der Waals surface area (Å²) in [5.74, 6) is -0.884. The second-order valence-electron chi connectivity index (χ2n) is 12.9. The van der Waals surface area contributed by atoms with Gasteiger partial charge in [0.2, 0.25) is 11.8 Å². The van der Waals surface area contributed by atoms with Gasteiger partial charge in [0.15, 0.2) is 0 Å². The molecule has 4 N–H and O–H groups in total. The van der Waals surface area contributed by atoms with E-state index in [0.717, 1.165) is 29.7 Å². The number of hydrogen-bond acceptors (Lipinski definition) is 6. The lowest BCUT2D eigenvalue weighted by molar-refractivity contribution is -0.140. The number of ether oxygens (including phenoxy) is 1. The van der Waals surface area contributed by atoms with Crippen molar-refractivity contribution in [3.63, 3.8) is 0 Å². The first kappa shape index (κ1) is 31.8. The van der Waals surface area contributed by atoms with Crippen LogP contribution in [0, 0.1) is 11.2 Å². The number of hydrogen-bond donors (Lipinski definition) is 3. The summed E-state index contributed by atoms with van der Waals surface area (Å²) in [5, 5.41) is 5.70. The van der Waals surface area contributed by atoms with Gasteiger partial charge in [0.1, 0.15) is 17.9 Å². The van der Waals surface area contributed by atoms with Gasteiger partial charge >= 0.3 is 6.09 Å². The second kappa shape index (κ2) is 13.2. The Morgan fingerprint density at radius 3 is 2.20 bits per heavy atom. The highest BCUT2D eigenvalue weighted by atomic mass is 19.1. The largest absolute Gasteiger partial charge is 0.453 e. The predicted octanol–water partition coefficient (Wildman–Crippen LogP) is 6.19. The van der Waals surface area contributed by atoms with Crippen molar-refractivity contribution >= 4 is 35.0 Å². The zero-order valence-corrected chi connectivity index (χ0v) is 26.3. The summed E-state index contributed by atoms with van der Waals surface area (Å²) in [4.78, 5) is 43.1. The Morgan fingerprint density at radius 2 is 1.58 bits per heavy atom. The minimum atomic E-state index is -0.852. The Morgan fingerprint density at radius 1 is 0.933 bits per heavy atom. The van der Waals surface area contributed by atoms with Gasteiger partial charge in [-0.2, -0.15) is 0 Å². The molecule has 3 amide bonds. The third kappa shape index (κ3) is 7.05. The third-order valence-corrected chi connectivity index (χ3v) is 8.74. The fraction of sp³-hybridized carbons (Fsp3) is 0.400. The molecule has 0 unspecified atom stereocenters. The molecule has 2 fully saturated rings. The number of benzene rings is 3. The van der Waals surface area contributed by atoms with Crippen molar-refractivity contribution in [1.82, 2.24) is 10.2 Å². The maximum absolute atomic E-state index is 13.9. The molecule has 3 aromatic rings. The number of alkyl carbamates (subject to hydrolysis) is 1. The predicted molar refractivity (Wildman–Crippen MR) is 173 cm³/mol. The number of nitrogen functional groups attached to an aromatic ring is 1. The molecule has 2 heterocycles. The lowest BCUT2D eigenvalue weighted by atomic mass is 9.85. The minimum Gasteiger partial charge on any atom is -0.453 e. The Kier molecular flexibility index (Phi) is 9.32. The normalized spacial score (nSPS) is 20.5. The van der Waals surface area contributed by atoms with Gasteiger partial charge in [-0.15, -0.1) is 0 Å². The molecule has 9 nitrogen and oxygen atoms in total. The number of carbonyl (C=O) groups excluding carboxylic acids is 3. The van der Waals surface area contributed by atoms with Crippen molar-refractivity contribution in [3.8, 4) is 0 Å². The monoisotopic (exact) mass is 615 g/mol. The van der Waals surface area contributed by atoms with Crippen LogP contribution in [0.25, 0.3) is 0 Å². The Hall–Kier alpha value is -4.60. The molecule has 0 spiro atoms. The SMILES string of the molecule is COC(=O)N[C@H](C(=O)N1CCC[C@H]1C(=O)Nc1cccc([C@@H]2CC[C@H](c3cccc(N)c3)N2c2ccc(F)cc2)c1)C(C)(C)C. The molecule has 2 aliphatic heterocycles. The van der Waals surface area contributed by atoms with Crippen molar-refractivity contribution in [2.75, 3.05) is 29.6 Å². The van der Waals surface area contributed by atoms with E-state index in [1.807, 2.05) is 63.2 Å². The number of halogens is 1. The number of anilines is 3. The molecule has 0 radical (unpaired) electrons. The van der Waals surface area contributed by atoms with E-state index >= 15 is 0 Å². The number of rotatable bonds is 7. The van der Waals surface area contributed by atoms with Crippen LogP contribution < -0.4 is 21.3 Å². The standard InChI is InChI=1S/C35H42FN5O4/c1-35(2,3)31(39-34(44)45-4)33(43)40-19-7-12-30(40)32(42)38-26-11-6-9-23(21-26)29-18-17-28(22-8-5-10-25(37)20-22)41(29)27-15-13-24(36)14-16-27/h5-6,8-11,13-16,20-21,28-31H,7,12,17-19,37H2,1-4H3,(H,38,42)(H,39,44)/t28-,29+,30+,31-/m1/s1. The summed E-state index contributed by atoms with van der Waals surface area (Å²) in [6, 6.07) is 20.6. The van der Waals surface area contributed by atoms with Crippen molar-refractivity contribution < 1.29 is 23.5 Å². The van der Waals surface area contributed by atoms with Crippen LogP contribution in [0.15, 0.2) is 72.8 Å². The van der Waals surface area contributed by atoms with Crippen molar-refractivity contribution in [2.45, 2.75) is 70.6 Å². The highest BCUT2D eigenvalue weighted by molar-refractivity contribution is 5.98.